The molecular formula is C58H39N3. The van der Waals surface area contributed by atoms with Crippen LogP contribution in [0.25, 0.3) is 106 Å². The first kappa shape index (κ1) is 36.0. The molecule has 286 valence electrons. The number of hydrogen-bond acceptors (Lipinski definition) is 2. The van der Waals surface area contributed by atoms with E-state index >= 15 is 0 Å². The van der Waals surface area contributed by atoms with Crippen LogP contribution in [0, 0.1) is 0 Å². The summed E-state index contributed by atoms with van der Waals surface area (Å²) in [5.74, 6) is 0.688. The van der Waals surface area contributed by atoms with E-state index in [1.54, 1.807) is 0 Å². The van der Waals surface area contributed by atoms with Gasteiger partial charge in [-0.1, -0.05) is 200 Å². The van der Waals surface area contributed by atoms with E-state index in [4.69, 9.17) is 9.97 Å². The molecule has 9 aromatic carbocycles. The first-order chi connectivity index (χ1) is 30.2. The van der Waals surface area contributed by atoms with Crippen LogP contribution in [0.15, 0.2) is 237 Å². The van der Waals surface area contributed by atoms with Gasteiger partial charge in [-0.3, -0.25) is 0 Å². The normalized spacial score (nSPS) is 11.3. The van der Waals surface area contributed by atoms with Crippen LogP contribution in [-0.2, 0) is 0 Å². The maximum atomic E-state index is 5.48. The van der Waals surface area contributed by atoms with Gasteiger partial charge in [0.1, 0.15) is 5.52 Å². The number of rotatable bonds is 8. The van der Waals surface area contributed by atoms with E-state index in [-0.39, 0.29) is 0 Å². The predicted molar refractivity (Wildman–Crippen MR) is 254 cm³/mol. The van der Waals surface area contributed by atoms with Crippen molar-refractivity contribution in [2.75, 3.05) is 0 Å². The molecule has 0 aliphatic rings. The summed E-state index contributed by atoms with van der Waals surface area (Å²) in [7, 11) is 0. The summed E-state index contributed by atoms with van der Waals surface area (Å²) in [6.07, 6.45) is 0. The van der Waals surface area contributed by atoms with Crippen molar-refractivity contribution in [1.82, 2.24) is 14.5 Å². The Morgan fingerprint density at radius 2 is 0.656 bits per heavy atom. The fourth-order valence-electron chi connectivity index (χ4n) is 8.55. The van der Waals surface area contributed by atoms with Gasteiger partial charge in [0, 0.05) is 22.2 Å². The molecule has 0 saturated carbocycles. The molecule has 0 unspecified atom stereocenters. The largest absolute Gasteiger partial charge is 0.306 e. The minimum Gasteiger partial charge on any atom is -0.306 e. The van der Waals surface area contributed by atoms with Crippen LogP contribution in [0.1, 0.15) is 0 Å². The smallest absolute Gasteiger partial charge is 0.160 e. The number of nitrogens with zero attached hydrogens (tertiary/aromatic N) is 3. The molecule has 0 atom stereocenters. The zero-order valence-electron chi connectivity index (χ0n) is 33.4. The lowest BCUT2D eigenvalue weighted by Crippen LogP contribution is -2.00. The number of aromatic nitrogens is 3. The molecule has 0 radical (unpaired) electrons. The Labute approximate surface area is 355 Å². The molecular weight excluding hydrogens is 739 g/mol. The standard InChI is InChI=1S/C58H39N3/c1-4-15-40(16-5-1)42-29-31-43(32-30-42)48-21-13-22-49(38-48)50-23-14-24-51(39-50)58-59-55(57-56(60-58)53-27-10-11-28-54(53)61(57)52-25-8-3-9-26-52)45-35-33-44(34-36-45)47-20-12-19-46(37-47)41-17-6-2-7-18-41/h1-39H. The molecule has 0 fully saturated rings. The molecule has 3 heteroatoms. The van der Waals surface area contributed by atoms with E-state index < -0.39 is 0 Å². The second kappa shape index (κ2) is 15.6. The third-order valence-corrected chi connectivity index (χ3v) is 11.6. The summed E-state index contributed by atoms with van der Waals surface area (Å²) in [6.45, 7) is 0. The van der Waals surface area contributed by atoms with E-state index in [1.165, 1.54) is 38.9 Å². The third kappa shape index (κ3) is 6.88. The van der Waals surface area contributed by atoms with Crippen LogP contribution >= 0.6 is 0 Å². The van der Waals surface area contributed by atoms with Gasteiger partial charge < -0.3 is 4.57 Å². The zero-order chi connectivity index (χ0) is 40.5. The molecule has 0 saturated heterocycles. The van der Waals surface area contributed by atoms with Crippen LogP contribution in [-0.4, -0.2) is 14.5 Å². The first-order valence-electron chi connectivity index (χ1n) is 20.7. The highest BCUT2D eigenvalue weighted by Gasteiger charge is 2.21. The monoisotopic (exact) mass is 777 g/mol. The van der Waals surface area contributed by atoms with Crippen molar-refractivity contribution in [3.63, 3.8) is 0 Å². The van der Waals surface area contributed by atoms with E-state index in [2.05, 4.69) is 241 Å². The number of para-hydroxylation sites is 2. The maximum Gasteiger partial charge on any atom is 0.160 e. The fraction of sp³-hybridized carbons (Fsp3) is 0. The number of fused-ring (bicyclic) bond motifs is 3. The molecule has 61 heavy (non-hydrogen) atoms. The molecule has 0 spiro atoms. The molecule has 0 amide bonds. The minimum absolute atomic E-state index is 0.688. The van der Waals surface area contributed by atoms with Gasteiger partial charge in [-0.05, 0) is 92.0 Å². The van der Waals surface area contributed by atoms with E-state index in [0.29, 0.717) is 5.82 Å². The highest BCUT2D eigenvalue weighted by Crippen LogP contribution is 2.39. The molecule has 0 aliphatic heterocycles. The van der Waals surface area contributed by atoms with Gasteiger partial charge in [-0.25, -0.2) is 9.97 Å². The van der Waals surface area contributed by atoms with Gasteiger partial charge in [-0.2, -0.15) is 0 Å². The Morgan fingerprint density at radius 1 is 0.279 bits per heavy atom. The Kier molecular flexibility index (Phi) is 9.18. The average Bonchev–Trinajstić information content (AvgIpc) is 3.69. The first-order valence-corrected chi connectivity index (χ1v) is 20.7. The van der Waals surface area contributed by atoms with Gasteiger partial charge in [0.05, 0.1) is 16.7 Å². The number of benzene rings is 9. The van der Waals surface area contributed by atoms with Crippen molar-refractivity contribution in [1.29, 1.82) is 0 Å². The highest BCUT2D eigenvalue weighted by atomic mass is 15.0. The van der Waals surface area contributed by atoms with Crippen LogP contribution in [0.3, 0.4) is 0 Å². The number of hydrogen-bond donors (Lipinski definition) is 0. The van der Waals surface area contributed by atoms with Crippen molar-refractivity contribution < 1.29 is 0 Å². The van der Waals surface area contributed by atoms with E-state index in [9.17, 15) is 0 Å². The fourth-order valence-corrected chi connectivity index (χ4v) is 8.55. The Balaban J connectivity index is 1.02. The summed E-state index contributed by atoms with van der Waals surface area (Å²) in [5.41, 5.74) is 18.7. The van der Waals surface area contributed by atoms with E-state index in [1.807, 2.05) is 0 Å². The van der Waals surface area contributed by atoms with Crippen LogP contribution in [0.5, 0.6) is 0 Å². The average molecular weight is 778 g/mol. The predicted octanol–water partition coefficient (Wildman–Crippen LogP) is 15.2. The van der Waals surface area contributed by atoms with Crippen LogP contribution < -0.4 is 0 Å². The van der Waals surface area contributed by atoms with Crippen molar-refractivity contribution in [2.24, 2.45) is 0 Å². The molecule has 0 bridgehead atoms. The SMILES string of the molecule is c1ccc(-c2ccc(-c3cccc(-c4cccc(-c5nc(-c6ccc(-c7cccc(-c8ccccc8)c7)cc6)c6c(n5)c5ccccc5n6-c5ccccc5)c4)c3)cc2)cc1. The van der Waals surface area contributed by atoms with Crippen molar-refractivity contribution in [3.05, 3.63) is 237 Å². The molecule has 0 aliphatic carbocycles. The molecule has 11 rings (SSSR count). The lowest BCUT2D eigenvalue weighted by Gasteiger charge is -2.13. The molecule has 3 nitrogen and oxygen atoms in total. The lowest BCUT2D eigenvalue weighted by atomic mass is 9.96. The van der Waals surface area contributed by atoms with Crippen LogP contribution in [0.2, 0.25) is 0 Å². The van der Waals surface area contributed by atoms with E-state index in [0.717, 1.165) is 61.1 Å². The summed E-state index contributed by atoms with van der Waals surface area (Å²) in [5, 5.41) is 1.09. The lowest BCUT2D eigenvalue weighted by molar-refractivity contribution is 1.15. The highest BCUT2D eigenvalue weighted by molar-refractivity contribution is 6.11. The van der Waals surface area contributed by atoms with Crippen molar-refractivity contribution in [2.45, 2.75) is 0 Å². The molecule has 11 aromatic rings. The molecule has 2 aromatic heterocycles. The summed E-state index contributed by atoms with van der Waals surface area (Å²) >= 11 is 0. The van der Waals surface area contributed by atoms with Crippen LogP contribution in [0.4, 0.5) is 0 Å². The van der Waals surface area contributed by atoms with Gasteiger partial charge in [0.2, 0.25) is 0 Å². The molecule has 2 heterocycles. The second-order valence-electron chi connectivity index (χ2n) is 15.4. The van der Waals surface area contributed by atoms with Gasteiger partial charge >= 0.3 is 0 Å². The topological polar surface area (TPSA) is 30.7 Å². The van der Waals surface area contributed by atoms with Crippen molar-refractivity contribution in [3.8, 4) is 84.0 Å². The Hall–Kier alpha value is -8.14. The second-order valence-corrected chi connectivity index (χ2v) is 15.4. The maximum absolute atomic E-state index is 5.48. The third-order valence-electron chi connectivity index (χ3n) is 11.6. The zero-order valence-corrected chi connectivity index (χ0v) is 33.4. The molecule has 0 N–H and O–H groups in total. The summed E-state index contributed by atoms with van der Waals surface area (Å²) < 4.78 is 2.31. The minimum atomic E-state index is 0.688. The Morgan fingerprint density at radius 3 is 1.21 bits per heavy atom. The summed E-state index contributed by atoms with van der Waals surface area (Å²) in [4.78, 5) is 10.9. The summed E-state index contributed by atoms with van der Waals surface area (Å²) in [6, 6.07) is 84.0. The van der Waals surface area contributed by atoms with Crippen molar-refractivity contribution >= 4 is 21.9 Å². The van der Waals surface area contributed by atoms with Gasteiger partial charge in [0.15, 0.2) is 5.82 Å². The quantitative estimate of drug-likeness (QED) is 0.154. The van der Waals surface area contributed by atoms with Gasteiger partial charge in [-0.15, -0.1) is 0 Å². The Bertz CT molecular complexity index is 3310. The van der Waals surface area contributed by atoms with Gasteiger partial charge in [0.25, 0.3) is 0 Å².